The zero-order chi connectivity index (χ0) is 22.3. The molecule has 6 heteroatoms. The Kier molecular flexibility index (Phi) is 8.57. The van der Waals surface area contributed by atoms with Crippen molar-refractivity contribution >= 4 is 11.9 Å². The van der Waals surface area contributed by atoms with Crippen LogP contribution < -0.4 is 14.8 Å². The van der Waals surface area contributed by atoms with E-state index in [9.17, 15) is 14.7 Å². The van der Waals surface area contributed by atoms with Crippen LogP contribution in [0.2, 0.25) is 0 Å². The lowest BCUT2D eigenvalue weighted by molar-refractivity contribution is -0.135. The van der Waals surface area contributed by atoms with Gasteiger partial charge in [-0.1, -0.05) is 51.5 Å². The first-order valence-electron chi connectivity index (χ1n) is 10.2. The molecule has 162 valence electrons. The van der Waals surface area contributed by atoms with E-state index in [-0.39, 0.29) is 29.9 Å². The molecule has 0 aliphatic carbocycles. The fraction of sp³-hybridized carbons (Fsp3) is 0.417. The number of ether oxygens (including phenoxy) is 2. The number of aliphatic hydroxyl groups is 1. The van der Waals surface area contributed by atoms with E-state index < -0.39 is 18.0 Å². The van der Waals surface area contributed by atoms with Crippen molar-refractivity contribution in [2.75, 3.05) is 6.54 Å². The van der Waals surface area contributed by atoms with Crippen LogP contribution >= 0.6 is 0 Å². The summed E-state index contributed by atoms with van der Waals surface area (Å²) < 4.78 is 11.0. The second-order valence-corrected chi connectivity index (χ2v) is 8.11. The Morgan fingerprint density at radius 2 is 1.63 bits per heavy atom. The van der Waals surface area contributed by atoms with E-state index in [0.717, 1.165) is 5.56 Å². The Morgan fingerprint density at radius 1 is 0.967 bits per heavy atom. The van der Waals surface area contributed by atoms with Gasteiger partial charge in [-0.3, -0.25) is 4.79 Å². The predicted molar refractivity (Wildman–Crippen MR) is 116 cm³/mol. The summed E-state index contributed by atoms with van der Waals surface area (Å²) in [6, 6.07) is 11.9. The number of carbonyl (C=O) groups excluding carboxylic acids is 2. The summed E-state index contributed by atoms with van der Waals surface area (Å²) in [5, 5.41) is 13.6. The number of hydrogen-bond donors (Lipinski definition) is 2. The predicted octanol–water partition coefficient (Wildman–Crippen LogP) is 4.20. The smallest absolute Gasteiger partial charge is 0.343 e. The van der Waals surface area contributed by atoms with Gasteiger partial charge in [-0.25, -0.2) is 4.79 Å². The third kappa shape index (κ3) is 7.28. The monoisotopic (exact) mass is 413 g/mol. The number of hydrogen-bond acceptors (Lipinski definition) is 6. The van der Waals surface area contributed by atoms with Gasteiger partial charge >= 0.3 is 11.9 Å². The van der Waals surface area contributed by atoms with E-state index in [0.29, 0.717) is 17.7 Å². The Balaban J connectivity index is 2.28. The van der Waals surface area contributed by atoms with Crippen LogP contribution in [0.15, 0.2) is 42.5 Å². The molecule has 0 heterocycles. The van der Waals surface area contributed by atoms with Crippen molar-refractivity contribution in [2.45, 2.75) is 53.2 Å². The number of esters is 2. The van der Waals surface area contributed by atoms with Gasteiger partial charge < -0.3 is 19.9 Å². The van der Waals surface area contributed by atoms with E-state index in [4.69, 9.17) is 9.47 Å². The van der Waals surface area contributed by atoms with Crippen LogP contribution in [0, 0.1) is 12.8 Å². The Hall–Kier alpha value is -2.70. The minimum Gasteiger partial charge on any atom is -0.423 e. The van der Waals surface area contributed by atoms with E-state index in [1.807, 2.05) is 46.8 Å². The van der Waals surface area contributed by atoms with Crippen molar-refractivity contribution in [1.29, 1.82) is 0 Å². The minimum atomic E-state index is -0.801. The van der Waals surface area contributed by atoms with Crippen molar-refractivity contribution in [1.82, 2.24) is 5.32 Å². The maximum Gasteiger partial charge on any atom is 0.343 e. The molecular weight excluding hydrogens is 382 g/mol. The van der Waals surface area contributed by atoms with E-state index in [1.165, 1.54) is 6.07 Å². The molecule has 0 aliphatic heterocycles. The van der Waals surface area contributed by atoms with E-state index in [1.54, 1.807) is 24.3 Å². The first-order chi connectivity index (χ1) is 14.2. The molecule has 0 saturated heterocycles. The van der Waals surface area contributed by atoms with Gasteiger partial charge in [0, 0.05) is 19.0 Å². The second-order valence-electron chi connectivity index (χ2n) is 8.11. The Labute approximate surface area is 178 Å². The van der Waals surface area contributed by atoms with Crippen LogP contribution in [0.4, 0.5) is 0 Å². The lowest BCUT2D eigenvalue weighted by Crippen LogP contribution is -2.27. The second kappa shape index (κ2) is 10.9. The van der Waals surface area contributed by atoms with Gasteiger partial charge in [-0.15, -0.1) is 0 Å². The molecule has 2 aromatic rings. The van der Waals surface area contributed by atoms with Gasteiger partial charge in [0.05, 0.1) is 11.7 Å². The third-order valence-electron chi connectivity index (χ3n) is 4.36. The molecule has 0 saturated carbocycles. The average Bonchev–Trinajstić information content (AvgIpc) is 2.67. The van der Waals surface area contributed by atoms with Crippen molar-refractivity contribution in [3.63, 3.8) is 0 Å². The van der Waals surface area contributed by atoms with Crippen LogP contribution in [0.25, 0.3) is 0 Å². The molecule has 6 nitrogen and oxygen atoms in total. The Morgan fingerprint density at radius 3 is 2.23 bits per heavy atom. The number of benzene rings is 2. The number of aryl methyl sites for hydroxylation is 1. The molecule has 2 N–H and O–H groups in total. The normalized spacial score (nSPS) is 12.1. The molecule has 0 radical (unpaired) electrons. The number of carbonyl (C=O) groups is 2. The molecule has 0 spiro atoms. The van der Waals surface area contributed by atoms with Crippen LogP contribution in [-0.2, 0) is 4.79 Å². The fourth-order valence-electron chi connectivity index (χ4n) is 2.71. The van der Waals surface area contributed by atoms with E-state index in [2.05, 4.69) is 5.32 Å². The summed E-state index contributed by atoms with van der Waals surface area (Å²) in [5.74, 6) is -0.595. The fourth-order valence-corrected chi connectivity index (χ4v) is 2.71. The molecule has 0 bridgehead atoms. The summed E-state index contributed by atoms with van der Waals surface area (Å²) >= 11 is 0. The molecule has 0 aromatic heterocycles. The van der Waals surface area contributed by atoms with Crippen molar-refractivity contribution < 1.29 is 24.2 Å². The van der Waals surface area contributed by atoms with Crippen LogP contribution in [0.3, 0.4) is 0 Å². The highest BCUT2D eigenvalue weighted by Gasteiger charge is 2.19. The Bertz CT molecular complexity index is 858. The summed E-state index contributed by atoms with van der Waals surface area (Å²) in [6.07, 6.45) is -0.557. The first kappa shape index (κ1) is 23.6. The maximum absolute atomic E-state index is 12.6. The topological polar surface area (TPSA) is 84.9 Å². The standard InChI is InChI=1S/C24H31NO5/c1-15(2)12-23(27)29-21-11-10-19(20(26)14-25-16(3)4)13-22(21)30-24(28)18-8-6-17(5)7-9-18/h6-11,13,15-16,20,25-26H,12,14H2,1-5H3. The summed E-state index contributed by atoms with van der Waals surface area (Å²) in [5.41, 5.74) is 1.96. The molecule has 30 heavy (non-hydrogen) atoms. The van der Waals surface area contributed by atoms with Crippen molar-refractivity contribution in [3.8, 4) is 11.5 Å². The van der Waals surface area contributed by atoms with Gasteiger partial charge in [0.25, 0.3) is 0 Å². The quantitative estimate of drug-likeness (QED) is 0.473. The molecule has 2 aromatic carbocycles. The zero-order valence-corrected chi connectivity index (χ0v) is 18.3. The van der Waals surface area contributed by atoms with Crippen molar-refractivity contribution in [3.05, 3.63) is 59.2 Å². The van der Waals surface area contributed by atoms with Gasteiger partial charge in [0.2, 0.25) is 0 Å². The molecule has 2 rings (SSSR count). The lowest BCUT2D eigenvalue weighted by Gasteiger charge is -2.17. The SMILES string of the molecule is Cc1ccc(C(=O)Oc2cc(C(O)CNC(C)C)ccc2OC(=O)CC(C)C)cc1. The van der Waals surface area contributed by atoms with Crippen molar-refractivity contribution in [2.24, 2.45) is 5.92 Å². The molecule has 1 atom stereocenters. The lowest BCUT2D eigenvalue weighted by atomic mass is 10.1. The number of rotatable bonds is 9. The molecule has 0 amide bonds. The number of nitrogens with one attached hydrogen (secondary N) is 1. The third-order valence-corrected chi connectivity index (χ3v) is 4.36. The molecule has 0 fully saturated rings. The van der Waals surface area contributed by atoms with Gasteiger partial charge in [0.15, 0.2) is 11.5 Å². The summed E-state index contributed by atoms with van der Waals surface area (Å²) in [4.78, 5) is 24.7. The maximum atomic E-state index is 12.6. The molecule has 1 unspecified atom stereocenters. The van der Waals surface area contributed by atoms with Crippen LogP contribution in [0.5, 0.6) is 11.5 Å². The molecular formula is C24H31NO5. The molecule has 0 aliphatic rings. The summed E-state index contributed by atoms with van der Waals surface area (Å²) in [6.45, 7) is 10.1. The minimum absolute atomic E-state index is 0.0961. The van der Waals surface area contributed by atoms with Gasteiger partial charge in [0.1, 0.15) is 0 Å². The van der Waals surface area contributed by atoms with Crippen LogP contribution in [-0.4, -0.2) is 29.6 Å². The number of aliphatic hydroxyl groups excluding tert-OH is 1. The van der Waals surface area contributed by atoms with E-state index >= 15 is 0 Å². The highest BCUT2D eigenvalue weighted by Crippen LogP contribution is 2.32. The largest absolute Gasteiger partial charge is 0.423 e. The average molecular weight is 414 g/mol. The van der Waals surface area contributed by atoms with Crippen LogP contribution in [0.1, 0.15) is 61.7 Å². The zero-order valence-electron chi connectivity index (χ0n) is 18.3. The highest BCUT2D eigenvalue weighted by molar-refractivity contribution is 5.91. The first-order valence-corrected chi connectivity index (χ1v) is 10.2. The van der Waals surface area contributed by atoms with Gasteiger partial charge in [-0.2, -0.15) is 0 Å². The summed E-state index contributed by atoms with van der Waals surface area (Å²) in [7, 11) is 0. The highest BCUT2D eigenvalue weighted by atomic mass is 16.6. The van der Waals surface area contributed by atoms with Gasteiger partial charge in [-0.05, 0) is 42.7 Å².